The van der Waals surface area contributed by atoms with E-state index < -0.39 is 0 Å². The Morgan fingerprint density at radius 1 is 1.19 bits per heavy atom. The zero-order valence-corrected chi connectivity index (χ0v) is 18.9. The average molecular weight is 534 g/mol. The van der Waals surface area contributed by atoms with Gasteiger partial charge in [0, 0.05) is 55.7 Å². The molecule has 1 heterocycles. The summed E-state index contributed by atoms with van der Waals surface area (Å²) in [6, 6.07) is 9.82. The largest absolute Gasteiger partial charge is 0.356 e. The Bertz CT molecular complexity index is 718. The summed E-state index contributed by atoms with van der Waals surface area (Å²) >= 11 is 3.42. The van der Waals surface area contributed by atoms with E-state index in [1.54, 1.807) is 7.05 Å². The average Bonchev–Trinajstić information content (AvgIpc) is 3.10. The third-order valence-electron chi connectivity index (χ3n) is 3.67. The van der Waals surface area contributed by atoms with Crippen molar-refractivity contribution in [3.8, 4) is 0 Å². The van der Waals surface area contributed by atoms with Gasteiger partial charge in [-0.3, -0.25) is 9.79 Å². The first-order valence-corrected chi connectivity index (χ1v) is 8.99. The molecule has 8 heteroatoms. The van der Waals surface area contributed by atoms with E-state index in [4.69, 9.17) is 0 Å². The zero-order valence-electron chi connectivity index (χ0n) is 15.0. The quantitative estimate of drug-likeness (QED) is 0.290. The van der Waals surface area contributed by atoms with Crippen molar-refractivity contribution in [1.82, 2.24) is 15.2 Å². The van der Waals surface area contributed by atoms with E-state index in [0.717, 1.165) is 28.8 Å². The molecule has 0 bridgehead atoms. The van der Waals surface area contributed by atoms with Crippen LogP contribution < -0.4 is 16.0 Å². The van der Waals surface area contributed by atoms with Crippen LogP contribution >= 0.6 is 39.9 Å². The number of aliphatic imine (C=N–C) groups is 1. The molecule has 0 saturated heterocycles. The number of aryl methyl sites for hydroxylation is 1. The zero-order chi connectivity index (χ0) is 18.1. The Balaban J connectivity index is 0.00000338. The maximum atomic E-state index is 12.1. The highest BCUT2D eigenvalue weighted by molar-refractivity contribution is 14.0. The van der Waals surface area contributed by atoms with Crippen molar-refractivity contribution in [3.05, 3.63) is 52.8 Å². The molecule has 26 heavy (non-hydrogen) atoms. The molecule has 1 amide bonds. The fourth-order valence-corrected chi connectivity index (χ4v) is 2.64. The molecule has 0 atom stereocenters. The lowest BCUT2D eigenvalue weighted by atomic mass is 10.2. The summed E-state index contributed by atoms with van der Waals surface area (Å²) < 4.78 is 3.03. The molecule has 0 aliphatic carbocycles. The van der Waals surface area contributed by atoms with Crippen LogP contribution in [0.25, 0.3) is 0 Å². The Hall–Kier alpha value is -1.55. The standard InChI is InChI=1S/C18H24BrN5O.HI/c1-14-5-6-15(19)13-16(14)23-17(25)7-8-21-18(20-2)22-9-12-24-10-3-4-11-24;/h3-6,10-11,13H,7-9,12H2,1-2H3,(H,23,25)(H2,20,21,22);1H. The molecule has 142 valence electrons. The van der Waals surface area contributed by atoms with Crippen LogP contribution in [0.1, 0.15) is 12.0 Å². The van der Waals surface area contributed by atoms with Gasteiger partial charge in [-0.25, -0.2) is 0 Å². The topological polar surface area (TPSA) is 70.4 Å². The van der Waals surface area contributed by atoms with Gasteiger partial charge >= 0.3 is 0 Å². The molecular weight excluding hydrogens is 509 g/mol. The summed E-state index contributed by atoms with van der Waals surface area (Å²) in [5.41, 5.74) is 1.86. The number of amides is 1. The summed E-state index contributed by atoms with van der Waals surface area (Å²) in [6.07, 6.45) is 4.41. The molecule has 3 N–H and O–H groups in total. The van der Waals surface area contributed by atoms with Crippen LogP contribution in [0, 0.1) is 6.92 Å². The first-order valence-electron chi connectivity index (χ1n) is 8.20. The lowest BCUT2D eigenvalue weighted by Gasteiger charge is -2.13. The van der Waals surface area contributed by atoms with Crippen LogP contribution in [0.15, 0.2) is 52.2 Å². The highest BCUT2D eigenvalue weighted by Crippen LogP contribution is 2.20. The maximum absolute atomic E-state index is 12.1. The molecule has 2 aromatic rings. The van der Waals surface area contributed by atoms with Gasteiger partial charge in [-0.05, 0) is 36.8 Å². The van der Waals surface area contributed by atoms with E-state index >= 15 is 0 Å². The number of benzene rings is 1. The molecule has 0 unspecified atom stereocenters. The number of halogens is 2. The fraction of sp³-hybridized carbons (Fsp3) is 0.333. The predicted molar refractivity (Wildman–Crippen MR) is 121 cm³/mol. The van der Waals surface area contributed by atoms with Gasteiger partial charge in [-0.2, -0.15) is 0 Å². The van der Waals surface area contributed by atoms with Crippen molar-refractivity contribution < 1.29 is 4.79 Å². The van der Waals surface area contributed by atoms with E-state index in [2.05, 4.69) is 41.4 Å². The molecule has 1 aromatic heterocycles. The van der Waals surface area contributed by atoms with Crippen molar-refractivity contribution in [3.63, 3.8) is 0 Å². The summed E-state index contributed by atoms with van der Waals surface area (Å²) in [4.78, 5) is 16.2. The second-order valence-corrected chi connectivity index (χ2v) is 6.52. The molecular formula is C18H25BrIN5O. The minimum atomic E-state index is -0.0310. The molecule has 0 aliphatic heterocycles. The normalized spacial score (nSPS) is 10.8. The van der Waals surface area contributed by atoms with Crippen molar-refractivity contribution in [2.45, 2.75) is 19.9 Å². The van der Waals surface area contributed by atoms with Crippen LogP contribution in [0.3, 0.4) is 0 Å². The number of anilines is 1. The fourth-order valence-electron chi connectivity index (χ4n) is 2.28. The van der Waals surface area contributed by atoms with Gasteiger partial charge in [0.15, 0.2) is 5.96 Å². The number of nitrogens with zero attached hydrogens (tertiary/aromatic N) is 2. The first-order chi connectivity index (χ1) is 12.1. The molecule has 0 saturated carbocycles. The lowest BCUT2D eigenvalue weighted by Crippen LogP contribution is -2.40. The Kier molecular flexibility index (Phi) is 10.3. The number of rotatable bonds is 7. The smallest absolute Gasteiger partial charge is 0.226 e. The van der Waals surface area contributed by atoms with Gasteiger partial charge in [0.1, 0.15) is 0 Å². The Labute approximate surface area is 180 Å². The predicted octanol–water partition coefficient (Wildman–Crippen LogP) is 3.37. The van der Waals surface area contributed by atoms with Crippen LogP contribution in [-0.4, -0.2) is 36.6 Å². The van der Waals surface area contributed by atoms with E-state index in [-0.39, 0.29) is 29.9 Å². The number of guanidine groups is 1. The molecule has 1 aromatic carbocycles. The van der Waals surface area contributed by atoms with Crippen molar-refractivity contribution in [1.29, 1.82) is 0 Å². The van der Waals surface area contributed by atoms with Crippen molar-refractivity contribution >= 4 is 57.5 Å². The monoisotopic (exact) mass is 533 g/mol. The van der Waals surface area contributed by atoms with Gasteiger partial charge in [-0.1, -0.05) is 22.0 Å². The van der Waals surface area contributed by atoms with Gasteiger partial charge in [-0.15, -0.1) is 24.0 Å². The van der Waals surface area contributed by atoms with Gasteiger partial charge in [0.05, 0.1) is 0 Å². The second kappa shape index (κ2) is 11.9. The third-order valence-corrected chi connectivity index (χ3v) is 4.16. The summed E-state index contributed by atoms with van der Waals surface area (Å²) in [5, 5.41) is 9.31. The lowest BCUT2D eigenvalue weighted by molar-refractivity contribution is -0.116. The summed E-state index contributed by atoms with van der Waals surface area (Å²) in [7, 11) is 1.72. The van der Waals surface area contributed by atoms with Gasteiger partial charge < -0.3 is 20.5 Å². The first kappa shape index (κ1) is 22.5. The van der Waals surface area contributed by atoms with E-state index in [9.17, 15) is 4.79 Å². The number of hydrogen-bond donors (Lipinski definition) is 3. The molecule has 0 spiro atoms. The SMILES string of the molecule is CN=C(NCCC(=O)Nc1cc(Br)ccc1C)NCCn1cccc1.I. The Morgan fingerprint density at radius 3 is 2.58 bits per heavy atom. The van der Waals surface area contributed by atoms with E-state index in [1.807, 2.05) is 49.6 Å². The van der Waals surface area contributed by atoms with E-state index in [1.165, 1.54) is 0 Å². The van der Waals surface area contributed by atoms with Crippen LogP contribution in [-0.2, 0) is 11.3 Å². The Morgan fingerprint density at radius 2 is 1.88 bits per heavy atom. The summed E-state index contributed by atoms with van der Waals surface area (Å²) in [6.45, 7) is 4.10. The molecule has 0 radical (unpaired) electrons. The van der Waals surface area contributed by atoms with Crippen molar-refractivity contribution in [2.24, 2.45) is 4.99 Å². The molecule has 6 nitrogen and oxygen atoms in total. The van der Waals surface area contributed by atoms with E-state index in [0.29, 0.717) is 18.9 Å². The number of carbonyl (C=O) groups is 1. The van der Waals surface area contributed by atoms with Gasteiger partial charge in [0.25, 0.3) is 0 Å². The molecule has 0 aliphatic rings. The molecule has 0 fully saturated rings. The summed E-state index contributed by atoms with van der Waals surface area (Å²) in [5.74, 6) is 0.662. The van der Waals surface area contributed by atoms with Crippen LogP contribution in [0.2, 0.25) is 0 Å². The minimum absolute atomic E-state index is 0. The van der Waals surface area contributed by atoms with Crippen LogP contribution in [0.5, 0.6) is 0 Å². The molecule has 2 rings (SSSR count). The highest BCUT2D eigenvalue weighted by Gasteiger charge is 2.06. The highest BCUT2D eigenvalue weighted by atomic mass is 127. The van der Waals surface area contributed by atoms with Crippen LogP contribution in [0.4, 0.5) is 5.69 Å². The second-order valence-electron chi connectivity index (χ2n) is 5.60. The van der Waals surface area contributed by atoms with Crippen molar-refractivity contribution in [2.75, 3.05) is 25.5 Å². The number of nitrogens with one attached hydrogen (secondary N) is 3. The number of carbonyl (C=O) groups excluding carboxylic acids is 1. The third kappa shape index (κ3) is 7.77. The minimum Gasteiger partial charge on any atom is -0.356 e. The van der Waals surface area contributed by atoms with Gasteiger partial charge in [0.2, 0.25) is 5.91 Å². The number of aromatic nitrogens is 1. The maximum Gasteiger partial charge on any atom is 0.226 e. The number of hydrogen-bond acceptors (Lipinski definition) is 2.